The molecule has 270 valence electrons. The number of rotatable bonds is 3. The maximum atomic E-state index is 4.07. The quantitative estimate of drug-likeness (QED) is 0.168. The summed E-state index contributed by atoms with van der Waals surface area (Å²) in [5, 5.41) is 2.58. The molecule has 52 heavy (non-hydrogen) atoms. The average molecular weight is 869 g/mol. The molecule has 0 aliphatic carbocycles. The number of anilines is 2. The van der Waals surface area contributed by atoms with Gasteiger partial charge in [-0.3, -0.25) is 0 Å². The summed E-state index contributed by atoms with van der Waals surface area (Å²) in [6.45, 7) is 29.4. The summed E-state index contributed by atoms with van der Waals surface area (Å²) in [7, 11) is 4.24. The van der Waals surface area contributed by atoms with E-state index in [0.29, 0.717) is 0 Å². The van der Waals surface area contributed by atoms with E-state index in [1.807, 2.05) is 0 Å². The maximum absolute atomic E-state index is 4.07. The van der Waals surface area contributed by atoms with Gasteiger partial charge in [-0.25, -0.2) is 0 Å². The van der Waals surface area contributed by atoms with Gasteiger partial charge in [0.25, 0.3) is 0 Å². The Labute approximate surface area is 325 Å². The summed E-state index contributed by atoms with van der Waals surface area (Å²) in [5.41, 5.74) is 16.3. The van der Waals surface area contributed by atoms with Crippen LogP contribution in [-0.4, -0.2) is 28.5 Å². The number of fused-ring (bicyclic) bond motifs is 5. The first-order valence-corrected chi connectivity index (χ1v) is 18.2. The number of nitrogens with zero attached hydrogens (tertiary/aromatic N) is 5. The van der Waals surface area contributed by atoms with Gasteiger partial charge in [-0.1, -0.05) is 78.4 Å². The van der Waals surface area contributed by atoms with Crippen LogP contribution < -0.4 is 9.80 Å². The third kappa shape index (κ3) is 5.20. The van der Waals surface area contributed by atoms with Crippen LogP contribution in [-0.2, 0) is 37.3 Å². The first-order chi connectivity index (χ1) is 23.9. The number of para-hydroxylation sites is 1. The van der Waals surface area contributed by atoms with Crippen molar-refractivity contribution in [2.24, 2.45) is 0 Å². The van der Waals surface area contributed by atoms with Crippen molar-refractivity contribution < 1.29 is 21.1 Å². The Morgan fingerprint density at radius 3 is 1.83 bits per heavy atom. The molecule has 0 N–H and O–H groups in total. The fraction of sp³-hybridized carbons (Fsp3) is 0.348. The van der Waals surface area contributed by atoms with Crippen molar-refractivity contribution in [2.75, 3.05) is 23.9 Å². The Kier molecular flexibility index (Phi) is 8.43. The van der Waals surface area contributed by atoms with E-state index in [0.717, 1.165) is 22.5 Å². The molecular weight excluding hydrogens is 818 g/mol. The van der Waals surface area contributed by atoms with Crippen molar-refractivity contribution in [3.63, 3.8) is 0 Å². The van der Waals surface area contributed by atoms with Crippen LogP contribution in [0.25, 0.3) is 27.5 Å². The van der Waals surface area contributed by atoms with Crippen molar-refractivity contribution in [3.8, 4) is 5.69 Å². The Hall–Kier alpha value is -3.95. The monoisotopic (exact) mass is 868 g/mol. The number of hydrogen-bond acceptors (Lipinski definition) is 4. The summed E-state index contributed by atoms with van der Waals surface area (Å²) in [6, 6.07) is 31.4. The van der Waals surface area contributed by atoms with Gasteiger partial charge in [-0.05, 0) is 87.3 Å². The van der Waals surface area contributed by atoms with Gasteiger partial charge in [0.1, 0.15) is 0 Å². The Bertz CT molecular complexity index is 2340. The van der Waals surface area contributed by atoms with E-state index in [-0.39, 0.29) is 31.9 Å². The largest absolute Gasteiger partial charge is 4.00 e. The number of aromatic nitrogens is 1. The number of hydrogen-bond donors (Lipinski definition) is 0. The van der Waals surface area contributed by atoms with E-state index in [9.17, 15) is 0 Å². The van der Waals surface area contributed by atoms with Crippen molar-refractivity contribution in [2.45, 2.75) is 92.4 Å². The number of allylic oxidation sites excluding steroid dienone is 4. The molecule has 1 aromatic heterocycles. The predicted octanol–water partition coefficient (Wildman–Crippen LogP) is 10.9. The molecular formula is C46H51N5Pt. The summed E-state index contributed by atoms with van der Waals surface area (Å²) < 4.78 is 2.51. The molecule has 0 saturated heterocycles. The van der Waals surface area contributed by atoms with Crippen LogP contribution in [0.5, 0.6) is 0 Å². The fourth-order valence-corrected chi connectivity index (χ4v) is 8.21. The normalized spacial score (nSPS) is 19.1. The first-order valence-electron chi connectivity index (χ1n) is 18.2. The van der Waals surface area contributed by atoms with E-state index in [4.69, 9.17) is 0 Å². The predicted molar refractivity (Wildman–Crippen MR) is 214 cm³/mol. The SMILES string of the molecule is CC1=C(C)N(c2[c-]c3c(cc2)-n2c4ccc(C(C)(C)C)cc4c4cccc(c42)C3(C)c2[c-]c(N3[CH-]N(C)C(C)=C3C)cc(C(C)(C)C)c2)[CH-]N1C.[Pt+4]. The Morgan fingerprint density at radius 1 is 0.635 bits per heavy atom. The van der Waals surface area contributed by atoms with Gasteiger partial charge in [0, 0.05) is 38.6 Å². The van der Waals surface area contributed by atoms with Crippen LogP contribution in [0.15, 0.2) is 83.5 Å². The standard InChI is InChI=1S/C46H51N5.Pt/c1-28-30(3)49(26-47(28)12)35-18-20-42-40(25-35)46(11,34-21-33(45(8,9)10)22-36(23-34)50-27-48(13)29(2)31(50)4)39-16-14-15-37-38-24-32(44(5,6)7)17-19-41(38)51(42)43(37)39;/h14-22,24,26-27H,1-13H3;/q-4;+4. The molecule has 0 amide bonds. The van der Waals surface area contributed by atoms with Gasteiger partial charge in [-0.2, -0.15) is 37.1 Å². The van der Waals surface area contributed by atoms with Crippen LogP contribution in [0.1, 0.15) is 104 Å². The summed E-state index contributed by atoms with van der Waals surface area (Å²) >= 11 is 0. The molecule has 8 rings (SSSR count). The van der Waals surface area contributed by atoms with Gasteiger partial charge in [0.15, 0.2) is 0 Å². The average Bonchev–Trinajstić information content (AvgIpc) is 3.66. The van der Waals surface area contributed by atoms with Gasteiger partial charge in [-0.15, -0.1) is 40.7 Å². The molecule has 0 saturated carbocycles. The van der Waals surface area contributed by atoms with Crippen LogP contribution >= 0.6 is 0 Å². The molecule has 0 radical (unpaired) electrons. The van der Waals surface area contributed by atoms with Crippen molar-refractivity contribution >= 4 is 33.2 Å². The zero-order valence-electron chi connectivity index (χ0n) is 33.0. The summed E-state index contributed by atoms with van der Waals surface area (Å²) in [6.07, 6.45) is 0. The third-order valence-corrected chi connectivity index (χ3v) is 12.0. The number of benzene rings is 4. The third-order valence-electron chi connectivity index (χ3n) is 12.0. The van der Waals surface area contributed by atoms with E-state index in [2.05, 4.69) is 201 Å². The molecule has 0 spiro atoms. The zero-order valence-corrected chi connectivity index (χ0v) is 35.3. The minimum atomic E-state index is -0.561. The van der Waals surface area contributed by atoms with Crippen LogP contribution in [0.2, 0.25) is 0 Å². The summed E-state index contributed by atoms with van der Waals surface area (Å²) in [5.74, 6) is 0. The molecule has 5 aromatic rings. The molecule has 4 aromatic carbocycles. The van der Waals surface area contributed by atoms with E-state index < -0.39 is 5.41 Å². The van der Waals surface area contributed by atoms with Gasteiger partial charge in [0.05, 0.1) is 0 Å². The molecule has 3 aliphatic heterocycles. The minimum Gasteiger partial charge on any atom is -0.508 e. The smallest absolute Gasteiger partial charge is 0.508 e. The molecule has 5 nitrogen and oxygen atoms in total. The van der Waals surface area contributed by atoms with E-state index in [1.54, 1.807) is 0 Å². The van der Waals surface area contributed by atoms with Crippen LogP contribution in [0.3, 0.4) is 0 Å². The zero-order chi connectivity index (χ0) is 36.5. The van der Waals surface area contributed by atoms with Crippen LogP contribution in [0, 0.1) is 25.5 Å². The second-order valence-corrected chi connectivity index (χ2v) is 17.2. The minimum absolute atomic E-state index is 0. The van der Waals surface area contributed by atoms with E-state index >= 15 is 0 Å². The molecule has 0 fully saturated rings. The molecule has 1 atom stereocenters. The van der Waals surface area contributed by atoms with Gasteiger partial charge in [0.2, 0.25) is 0 Å². The van der Waals surface area contributed by atoms with Gasteiger partial charge < -0.3 is 24.2 Å². The van der Waals surface area contributed by atoms with Crippen molar-refractivity contribution in [1.82, 2.24) is 14.4 Å². The molecule has 1 unspecified atom stereocenters. The molecule has 3 aliphatic rings. The maximum Gasteiger partial charge on any atom is 4.00 e. The van der Waals surface area contributed by atoms with Crippen molar-refractivity contribution in [1.29, 1.82) is 0 Å². The second-order valence-electron chi connectivity index (χ2n) is 17.2. The molecule has 6 heteroatoms. The summed E-state index contributed by atoms with van der Waals surface area (Å²) in [4.78, 5) is 8.99. The van der Waals surface area contributed by atoms with Gasteiger partial charge >= 0.3 is 21.1 Å². The van der Waals surface area contributed by atoms with Crippen molar-refractivity contribution in [3.05, 3.63) is 137 Å². The molecule has 4 heterocycles. The second kappa shape index (κ2) is 12.0. The van der Waals surface area contributed by atoms with E-state index in [1.165, 1.54) is 67.0 Å². The Morgan fingerprint density at radius 2 is 1.25 bits per heavy atom. The Balaban J connectivity index is 0.00000420. The van der Waals surface area contributed by atoms with Crippen LogP contribution in [0.4, 0.5) is 11.4 Å². The molecule has 0 bridgehead atoms. The topological polar surface area (TPSA) is 17.9 Å². The fourth-order valence-electron chi connectivity index (χ4n) is 8.21. The first kappa shape index (κ1) is 36.4.